The minimum absolute atomic E-state index is 0.0254. The lowest BCUT2D eigenvalue weighted by atomic mass is 10.2. The lowest BCUT2D eigenvalue weighted by Gasteiger charge is -2.35. The summed E-state index contributed by atoms with van der Waals surface area (Å²) in [7, 11) is 0. The maximum atomic E-state index is 12.7. The highest BCUT2D eigenvalue weighted by Crippen LogP contribution is 2.17. The molecular formula is C18H26N2O4. The largest absolute Gasteiger partial charge is 0.481 e. The van der Waals surface area contributed by atoms with Gasteiger partial charge in [0, 0.05) is 26.2 Å². The molecule has 1 aromatic rings. The van der Waals surface area contributed by atoms with E-state index in [4.69, 9.17) is 9.47 Å². The minimum Gasteiger partial charge on any atom is -0.481 e. The highest BCUT2D eigenvalue weighted by atomic mass is 16.6. The Labute approximate surface area is 143 Å². The number of carbonyl (C=O) groups is 2. The van der Waals surface area contributed by atoms with Crippen LogP contribution in [0.3, 0.4) is 0 Å². The van der Waals surface area contributed by atoms with Gasteiger partial charge in [-0.2, -0.15) is 0 Å². The molecule has 0 aliphatic carbocycles. The van der Waals surface area contributed by atoms with E-state index >= 15 is 0 Å². The van der Waals surface area contributed by atoms with E-state index in [1.807, 2.05) is 38.1 Å². The molecule has 0 aromatic heterocycles. The number of aryl methyl sites for hydroxylation is 1. The minimum atomic E-state index is -0.499. The summed E-state index contributed by atoms with van der Waals surface area (Å²) in [5.74, 6) is 0.683. The van der Waals surface area contributed by atoms with Crippen molar-refractivity contribution in [3.05, 3.63) is 29.8 Å². The van der Waals surface area contributed by atoms with Crippen molar-refractivity contribution in [2.24, 2.45) is 0 Å². The molecule has 1 saturated heterocycles. The number of benzene rings is 1. The van der Waals surface area contributed by atoms with Crippen LogP contribution in [0.4, 0.5) is 4.79 Å². The molecule has 2 rings (SSSR count). The zero-order valence-corrected chi connectivity index (χ0v) is 14.7. The number of piperazine rings is 1. The Balaban J connectivity index is 1.91. The molecule has 0 N–H and O–H groups in total. The predicted octanol–water partition coefficient (Wildman–Crippen LogP) is 2.45. The second-order valence-electron chi connectivity index (χ2n) is 5.84. The van der Waals surface area contributed by atoms with E-state index in [0.717, 1.165) is 5.56 Å². The summed E-state index contributed by atoms with van der Waals surface area (Å²) >= 11 is 0. The van der Waals surface area contributed by atoms with Crippen LogP contribution in [0.15, 0.2) is 24.3 Å². The van der Waals surface area contributed by atoms with Crippen molar-refractivity contribution in [3.8, 4) is 5.75 Å². The van der Waals surface area contributed by atoms with Gasteiger partial charge in [-0.25, -0.2) is 4.79 Å². The molecule has 24 heavy (non-hydrogen) atoms. The highest BCUT2D eigenvalue weighted by Gasteiger charge is 2.29. The Morgan fingerprint density at radius 1 is 1.12 bits per heavy atom. The van der Waals surface area contributed by atoms with Crippen LogP contribution in [0.2, 0.25) is 0 Å². The van der Waals surface area contributed by atoms with Crippen LogP contribution >= 0.6 is 0 Å². The van der Waals surface area contributed by atoms with Crippen molar-refractivity contribution >= 4 is 12.0 Å². The summed E-state index contributed by atoms with van der Waals surface area (Å²) in [5.41, 5.74) is 1.10. The average molecular weight is 334 g/mol. The average Bonchev–Trinajstić information content (AvgIpc) is 2.59. The lowest BCUT2D eigenvalue weighted by molar-refractivity contribution is -0.140. The number of hydrogen-bond donors (Lipinski definition) is 0. The van der Waals surface area contributed by atoms with E-state index in [1.54, 1.807) is 16.7 Å². The highest BCUT2D eigenvalue weighted by molar-refractivity contribution is 5.81. The molecular weight excluding hydrogens is 308 g/mol. The topological polar surface area (TPSA) is 59.1 Å². The zero-order chi connectivity index (χ0) is 17.5. The lowest BCUT2D eigenvalue weighted by Crippen LogP contribution is -2.53. The van der Waals surface area contributed by atoms with Crippen LogP contribution in [0.1, 0.15) is 25.8 Å². The van der Waals surface area contributed by atoms with Gasteiger partial charge < -0.3 is 19.3 Å². The van der Waals surface area contributed by atoms with Crippen molar-refractivity contribution < 1.29 is 19.1 Å². The van der Waals surface area contributed by atoms with Gasteiger partial charge >= 0.3 is 6.09 Å². The molecule has 1 aliphatic heterocycles. The van der Waals surface area contributed by atoms with Crippen LogP contribution in [-0.4, -0.2) is 60.7 Å². The summed E-state index contributed by atoms with van der Waals surface area (Å²) in [6, 6.07) is 7.69. The van der Waals surface area contributed by atoms with Crippen LogP contribution < -0.4 is 4.74 Å². The monoisotopic (exact) mass is 334 g/mol. The van der Waals surface area contributed by atoms with Crippen molar-refractivity contribution in [3.63, 3.8) is 0 Å². The van der Waals surface area contributed by atoms with Gasteiger partial charge in [-0.05, 0) is 38.0 Å². The van der Waals surface area contributed by atoms with Crippen LogP contribution in [0, 0.1) is 6.92 Å². The fourth-order valence-electron chi connectivity index (χ4n) is 2.69. The van der Waals surface area contributed by atoms with E-state index in [0.29, 0.717) is 45.0 Å². The molecule has 1 aromatic carbocycles. The molecule has 1 heterocycles. The summed E-state index contributed by atoms with van der Waals surface area (Å²) in [4.78, 5) is 27.8. The summed E-state index contributed by atoms with van der Waals surface area (Å²) in [6.07, 6.45) is -0.209. The molecule has 0 radical (unpaired) electrons. The molecule has 2 amide bonds. The molecule has 0 saturated carbocycles. The standard InChI is InChI=1S/C18H26N2O4/c1-4-16(24-15-8-6-7-14(3)13-15)17(21)19-9-11-20(12-10-19)18(22)23-5-2/h6-8,13,16H,4-5,9-12H2,1-3H3/t16-/m1/s1. The summed E-state index contributed by atoms with van der Waals surface area (Å²) < 4.78 is 10.9. The van der Waals surface area contributed by atoms with Gasteiger partial charge in [-0.3, -0.25) is 4.79 Å². The number of ether oxygens (including phenoxy) is 2. The smallest absolute Gasteiger partial charge is 0.409 e. The fourth-order valence-corrected chi connectivity index (χ4v) is 2.69. The van der Waals surface area contributed by atoms with Crippen LogP contribution in [-0.2, 0) is 9.53 Å². The van der Waals surface area contributed by atoms with Gasteiger partial charge in [0.2, 0.25) is 0 Å². The number of rotatable bonds is 5. The number of carbonyl (C=O) groups excluding carboxylic acids is 2. The molecule has 1 aliphatic rings. The summed E-state index contributed by atoms with van der Waals surface area (Å²) in [5, 5.41) is 0. The molecule has 0 bridgehead atoms. The number of hydrogen-bond acceptors (Lipinski definition) is 4. The van der Waals surface area contributed by atoms with Gasteiger partial charge in [0.25, 0.3) is 5.91 Å². The van der Waals surface area contributed by atoms with Crippen LogP contribution in [0.25, 0.3) is 0 Å². The van der Waals surface area contributed by atoms with Crippen molar-refractivity contribution in [1.82, 2.24) is 9.80 Å². The third-order valence-electron chi connectivity index (χ3n) is 4.03. The second kappa shape index (κ2) is 8.57. The Morgan fingerprint density at radius 3 is 2.38 bits per heavy atom. The first kappa shape index (κ1) is 18.1. The zero-order valence-electron chi connectivity index (χ0n) is 14.7. The maximum absolute atomic E-state index is 12.7. The van der Waals surface area contributed by atoms with Gasteiger partial charge in [0.15, 0.2) is 6.10 Å². The predicted molar refractivity (Wildman–Crippen MR) is 91.1 cm³/mol. The molecule has 0 spiro atoms. The quantitative estimate of drug-likeness (QED) is 0.830. The maximum Gasteiger partial charge on any atom is 0.409 e. The molecule has 1 atom stereocenters. The van der Waals surface area contributed by atoms with E-state index < -0.39 is 6.10 Å². The molecule has 6 nitrogen and oxygen atoms in total. The molecule has 1 fully saturated rings. The molecule has 132 valence electrons. The number of amides is 2. The fraction of sp³-hybridized carbons (Fsp3) is 0.556. The first-order valence-corrected chi connectivity index (χ1v) is 8.49. The SMILES string of the molecule is CCOC(=O)N1CCN(C(=O)[C@@H](CC)Oc2cccc(C)c2)CC1. The third-order valence-corrected chi connectivity index (χ3v) is 4.03. The van der Waals surface area contributed by atoms with E-state index in [2.05, 4.69) is 0 Å². The summed E-state index contributed by atoms with van der Waals surface area (Å²) in [6.45, 7) is 8.07. The van der Waals surface area contributed by atoms with Gasteiger partial charge in [0.05, 0.1) is 6.61 Å². The normalized spacial score (nSPS) is 15.8. The molecule has 0 unspecified atom stereocenters. The Bertz CT molecular complexity index is 568. The van der Waals surface area contributed by atoms with Gasteiger partial charge in [-0.1, -0.05) is 19.1 Å². The van der Waals surface area contributed by atoms with Gasteiger partial charge in [0.1, 0.15) is 5.75 Å². The Morgan fingerprint density at radius 2 is 1.79 bits per heavy atom. The number of nitrogens with zero attached hydrogens (tertiary/aromatic N) is 2. The van der Waals surface area contributed by atoms with E-state index in [9.17, 15) is 9.59 Å². The first-order chi connectivity index (χ1) is 11.5. The van der Waals surface area contributed by atoms with E-state index in [-0.39, 0.29) is 12.0 Å². The second-order valence-corrected chi connectivity index (χ2v) is 5.84. The van der Waals surface area contributed by atoms with Crippen molar-refractivity contribution in [2.75, 3.05) is 32.8 Å². The third kappa shape index (κ3) is 4.63. The molecule has 6 heteroatoms. The first-order valence-electron chi connectivity index (χ1n) is 8.49. The van der Waals surface area contributed by atoms with Crippen LogP contribution in [0.5, 0.6) is 5.75 Å². The van der Waals surface area contributed by atoms with Crippen molar-refractivity contribution in [2.45, 2.75) is 33.3 Å². The Hall–Kier alpha value is -2.24. The van der Waals surface area contributed by atoms with E-state index in [1.165, 1.54) is 0 Å². The Kier molecular flexibility index (Phi) is 6.46. The van der Waals surface area contributed by atoms with Gasteiger partial charge in [-0.15, -0.1) is 0 Å². The van der Waals surface area contributed by atoms with Crippen molar-refractivity contribution in [1.29, 1.82) is 0 Å².